The van der Waals surface area contributed by atoms with E-state index in [1.165, 1.54) is 0 Å². The van der Waals surface area contributed by atoms with Crippen molar-refractivity contribution in [3.05, 3.63) is 59.7 Å². The Labute approximate surface area is 170 Å². The van der Waals surface area contributed by atoms with Gasteiger partial charge < -0.3 is 10.2 Å². The fourth-order valence-electron chi connectivity index (χ4n) is 2.14. The van der Waals surface area contributed by atoms with Gasteiger partial charge in [0.25, 0.3) is 0 Å². The molecule has 6 heteroatoms. The number of nitrogens with zero attached hydrogens (tertiary/aromatic N) is 2. The maximum absolute atomic E-state index is 9.62. The van der Waals surface area contributed by atoms with Crippen molar-refractivity contribution < 1.29 is 27.3 Å². The molecule has 0 saturated carbocycles. The molecule has 0 unspecified atom stereocenters. The third kappa shape index (κ3) is 8.56. The molecule has 0 aliphatic heterocycles. The molecule has 26 heavy (non-hydrogen) atoms. The molecular formula is C20H24CuN2O2S. The summed E-state index contributed by atoms with van der Waals surface area (Å²) in [4.78, 5) is 8.69. The van der Waals surface area contributed by atoms with E-state index in [9.17, 15) is 10.2 Å². The van der Waals surface area contributed by atoms with Gasteiger partial charge in [-0.1, -0.05) is 24.3 Å². The Hall–Kier alpha value is -1.75. The van der Waals surface area contributed by atoms with Crippen LogP contribution in [0.3, 0.4) is 0 Å². The van der Waals surface area contributed by atoms with Crippen LogP contribution in [0.4, 0.5) is 0 Å². The largest absolute Gasteiger partial charge is 0.507 e. The first-order valence-corrected chi connectivity index (χ1v) is 9.56. The van der Waals surface area contributed by atoms with Gasteiger partial charge in [-0.25, -0.2) is 0 Å². The number of phenolic OH excluding ortho intramolecular Hbond substituents is 2. The summed E-state index contributed by atoms with van der Waals surface area (Å²) in [6.45, 7) is 1.54. The molecule has 2 aromatic carbocycles. The number of para-hydroxylation sites is 2. The van der Waals surface area contributed by atoms with Crippen LogP contribution in [-0.2, 0) is 17.1 Å². The minimum absolute atomic E-state index is 0. The molecule has 0 bridgehead atoms. The average Bonchev–Trinajstić information content (AvgIpc) is 2.62. The van der Waals surface area contributed by atoms with Gasteiger partial charge in [0.15, 0.2) is 0 Å². The zero-order valence-electron chi connectivity index (χ0n) is 14.5. The Kier molecular flexibility index (Phi) is 11.5. The molecule has 0 atom stereocenters. The molecule has 0 heterocycles. The van der Waals surface area contributed by atoms with Crippen molar-refractivity contribution in [1.29, 1.82) is 0 Å². The molecule has 0 amide bonds. The summed E-state index contributed by atoms with van der Waals surface area (Å²) in [7, 11) is 0. The Morgan fingerprint density at radius 2 is 1.15 bits per heavy atom. The first-order chi connectivity index (χ1) is 12.3. The summed E-state index contributed by atoms with van der Waals surface area (Å²) in [5.74, 6) is 2.68. The SMILES string of the molecule is Oc1ccccc1C=NCCCSCCCN=Cc1ccccc1O.[Cu]. The van der Waals surface area contributed by atoms with E-state index in [0.717, 1.165) is 48.6 Å². The second kappa shape index (κ2) is 13.5. The topological polar surface area (TPSA) is 65.2 Å². The predicted octanol–water partition coefficient (Wildman–Crippen LogP) is 4.15. The van der Waals surface area contributed by atoms with E-state index in [4.69, 9.17) is 0 Å². The van der Waals surface area contributed by atoms with Gasteiger partial charge in [0.05, 0.1) is 0 Å². The van der Waals surface area contributed by atoms with Gasteiger partial charge in [0.1, 0.15) is 11.5 Å². The number of rotatable bonds is 10. The average molecular weight is 420 g/mol. The molecule has 0 aromatic heterocycles. The van der Waals surface area contributed by atoms with Gasteiger partial charge in [0.2, 0.25) is 0 Å². The van der Waals surface area contributed by atoms with E-state index < -0.39 is 0 Å². The Morgan fingerprint density at radius 1 is 0.731 bits per heavy atom. The molecule has 2 rings (SSSR count). The van der Waals surface area contributed by atoms with Crippen molar-refractivity contribution in [2.24, 2.45) is 9.98 Å². The van der Waals surface area contributed by atoms with E-state index in [1.807, 2.05) is 36.0 Å². The number of hydrogen-bond acceptors (Lipinski definition) is 5. The summed E-state index contributed by atoms with van der Waals surface area (Å²) in [6.07, 6.45) is 5.51. The number of thioether (sulfide) groups is 1. The number of aliphatic imine (C=N–C) groups is 2. The minimum Gasteiger partial charge on any atom is -0.507 e. The summed E-state index contributed by atoms with van der Waals surface area (Å²) in [5.41, 5.74) is 1.52. The maximum Gasteiger partial charge on any atom is 0.124 e. The second-order valence-corrected chi connectivity index (χ2v) is 6.73. The Balaban J connectivity index is 0.00000338. The molecular weight excluding hydrogens is 396 g/mol. The molecule has 2 N–H and O–H groups in total. The van der Waals surface area contributed by atoms with Crippen LogP contribution in [0.2, 0.25) is 0 Å². The fourth-order valence-corrected chi connectivity index (χ4v) is 3.01. The second-order valence-electron chi connectivity index (χ2n) is 5.51. The molecule has 0 fully saturated rings. The molecule has 0 aliphatic rings. The van der Waals surface area contributed by atoms with E-state index in [0.29, 0.717) is 0 Å². The molecule has 0 aliphatic carbocycles. The van der Waals surface area contributed by atoms with Gasteiger partial charge in [-0.2, -0.15) is 11.8 Å². The third-order valence-electron chi connectivity index (χ3n) is 3.49. The Morgan fingerprint density at radius 3 is 1.58 bits per heavy atom. The van der Waals surface area contributed by atoms with Gasteiger partial charge in [-0.05, 0) is 48.6 Å². The van der Waals surface area contributed by atoms with Crippen molar-refractivity contribution in [3.8, 4) is 11.5 Å². The molecule has 0 saturated heterocycles. The van der Waals surface area contributed by atoms with E-state index in [1.54, 1.807) is 36.7 Å². The molecule has 143 valence electrons. The number of phenols is 2. The minimum atomic E-state index is 0. The van der Waals surface area contributed by atoms with Gasteiger partial charge in [-0.3, -0.25) is 9.98 Å². The van der Waals surface area contributed by atoms with Gasteiger partial charge in [-0.15, -0.1) is 0 Å². The van der Waals surface area contributed by atoms with Crippen LogP contribution >= 0.6 is 11.8 Å². The van der Waals surface area contributed by atoms with Gasteiger partial charge in [0, 0.05) is 53.7 Å². The van der Waals surface area contributed by atoms with Crippen molar-refractivity contribution in [2.75, 3.05) is 24.6 Å². The molecule has 4 nitrogen and oxygen atoms in total. The quantitative estimate of drug-likeness (QED) is 0.345. The zero-order valence-corrected chi connectivity index (χ0v) is 16.3. The summed E-state index contributed by atoms with van der Waals surface area (Å²) >= 11 is 1.91. The predicted molar refractivity (Wildman–Crippen MR) is 108 cm³/mol. The fraction of sp³-hybridized carbons (Fsp3) is 0.300. The van der Waals surface area contributed by atoms with Crippen LogP contribution in [0, 0.1) is 0 Å². The summed E-state index contributed by atoms with van der Waals surface area (Å²) < 4.78 is 0. The van der Waals surface area contributed by atoms with Crippen LogP contribution < -0.4 is 0 Å². The summed E-state index contributed by atoms with van der Waals surface area (Å²) in [5, 5.41) is 19.2. The smallest absolute Gasteiger partial charge is 0.124 e. The molecule has 2 aromatic rings. The zero-order chi connectivity index (χ0) is 17.7. The number of hydrogen-bond donors (Lipinski definition) is 2. The summed E-state index contributed by atoms with van der Waals surface area (Å²) in [6, 6.07) is 14.4. The van der Waals surface area contributed by atoms with Crippen molar-refractivity contribution in [3.63, 3.8) is 0 Å². The normalized spacial score (nSPS) is 11.1. The van der Waals surface area contributed by atoms with Crippen molar-refractivity contribution >= 4 is 24.2 Å². The Bertz CT molecular complexity index is 648. The van der Waals surface area contributed by atoms with E-state index in [-0.39, 0.29) is 28.6 Å². The monoisotopic (exact) mass is 419 g/mol. The standard InChI is InChI=1S/C20H24N2O2S.Cu/c23-19-9-3-1-7-17(19)15-21-11-5-13-25-14-6-12-22-16-18-8-2-4-10-20(18)24;/h1-4,7-10,15-16,23-24H,5-6,11-14H2;. The molecule has 1 radical (unpaired) electrons. The van der Waals surface area contributed by atoms with Crippen molar-refractivity contribution in [1.82, 2.24) is 0 Å². The van der Waals surface area contributed by atoms with E-state index >= 15 is 0 Å². The number of aromatic hydroxyl groups is 2. The van der Waals surface area contributed by atoms with Crippen LogP contribution in [-0.4, -0.2) is 47.2 Å². The van der Waals surface area contributed by atoms with E-state index in [2.05, 4.69) is 9.98 Å². The van der Waals surface area contributed by atoms with Crippen LogP contribution in [0.1, 0.15) is 24.0 Å². The van der Waals surface area contributed by atoms with Crippen molar-refractivity contribution in [2.45, 2.75) is 12.8 Å². The van der Waals surface area contributed by atoms with Gasteiger partial charge >= 0.3 is 0 Å². The maximum atomic E-state index is 9.62. The first kappa shape index (κ1) is 22.3. The van der Waals surface area contributed by atoms with Crippen LogP contribution in [0.5, 0.6) is 11.5 Å². The van der Waals surface area contributed by atoms with Crippen LogP contribution in [0.25, 0.3) is 0 Å². The molecule has 0 spiro atoms. The van der Waals surface area contributed by atoms with Crippen LogP contribution in [0.15, 0.2) is 58.5 Å². The number of benzene rings is 2. The third-order valence-corrected chi connectivity index (χ3v) is 4.64. The first-order valence-electron chi connectivity index (χ1n) is 8.41.